The van der Waals surface area contributed by atoms with Gasteiger partial charge in [0.05, 0.1) is 57.4 Å². The summed E-state index contributed by atoms with van der Waals surface area (Å²) in [5.41, 5.74) is -1.35. The van der Waals surface area contributed by atoms with Gasteiger partial charge >= 0.3 is 11.4 Å². The lowest BCUT2D eigenvalue weighted by molar-refractivity contribution is -0.0328. The standard InChI is InChI=1S/C6H10O5S2.C5H12O4.CH4/c7-12-2-1-6(3-9-12)4-10-13(8)11-5-6;6-1-5(2-7,3-8)4-9;/h1-5H2;6-9H,1-4H2;1H4. The van der Waals surface area contributed by atoms with Gasteiger partial charge in [-0.05, 0) is 6.42 Å². The molecular weight excluding hydrogens is 352 g/mol. The maximum Gasteiger partial charge on any atom is 0.304 e. The van der Waals surface area contributed by atoms with Crippen molar-refractivity contribution in [3.05, 3.63) is 0 Å². The molecule has 0 aromatic rings. The van der Waals surface area contributed by atoms with Gasteiger partial charge < -0.3 is 20.4 Å². The monoisotopic (exact) mass is 378 g/mol. The quantitative estimate of drug-likeness (QED) is 0.448. The molecule has 140 valence electrons. The molecule has 11 heteroatoms. The molecule has 0 radical (unpaired) electrons. The zero-order valence-electron chi connectivity index (χ0n) is 12.0. The zero-order valence-corrected chi connectivity index (χ0v) is 13.6. The molecule has 2 aliphatic rings. The zero-order chi connectivity index (χ0) is 16.6. The van der Waals surface area contributed by atoms with Crippen LogP contribution in [0, 0.1) is 10.8 Å². The van der Waals surface area contributed by atoms with Crippen molar-refractivity contribution in [2.45, 2.75) is 13.8 Å². The molecule has 0 aromatic carbocycles. The highest BCUT2D eigenvalue weighted by Gasteiger charge is 2.40. The van der Waals surface area contributed by atoms with E-state index >= 15 is 0 Å². The summed E-state index contributed by atoms with van der Waals surface area (Å²) in [5, 5.41) is 34.0. The van der Waals surface area contributed by atoms with Crippen LogP contribution in [0.25, 0.3) is 0 Å². The average Bonchev–Trinajstić information content (AvgIpc) is 2.57. The van der Waals surface area contributed by atoms with Gasteiger partial charge in [0, 0.05) is 5.41 Å². The van der Waals surface area contributed by atoms with E-state index in [9.17, 15) is 8.42 Å². The highest BCUT2D eigenvalue weighted by atomic mass is 32.2. The largest absolute Gasteiger partial charge is 0.396 e. The molecule has 2 heterocycles. The molecule has 2 saturated heterocycles. The van der Waals surface area contributed by atoms with Crippen molar-refractivity contribution in [3.8, 4) is 0 Å². The van der Waals surface area contributed by atoms with Crippen molar-refractivity contribution in [1.82, 2.24) is 0 Å². The summed E-state index contributed by atoms with van der Waals surface area (Å²) < 4.78 is 36.4. The summed E-state index contributed by atoms with van der Waals surface area (Å²) in [6.45, 7) is -0.551. The minimum atomic E-state index is -1.61. The summed E-state index contributed by atoms with van der Waals surface area (Å²) in [7, 11) is 0. The molecular formula is C12H26O9S2. The molecule has 9 nitrogen and oxygen atoms in total. The van der Waals surface area contributed by atoms with E-state index in [-0.39, 0.29) is 12.8 Å². The van der Waals surface area contributed by atoms with Crippen LogP contribution in [0.3, 0.4) is 0 Å². The second kappa shape index (κ2) is 10.8. The SMILES string of the molecule is C.O=S1CCC2(CO1)COS(=O)OC2.OCC(CO)(CO)CO. The van der Waals surface area contributed by atoms with Gasteiger partial charge in [-0.1, -0.05) is 7.43 Å². The molecule has 2 fully saturated rings. The molecule has 2 aliphatic heterocycles. The molecule has 0 amide bonds. The van der Waals surface area contributed by atoms with Crippen molar-refractivity contribution in [3.63, 3.8) is 0 Å². The summed E-state index contributed by atoms with van der Waals surface area (Å²) in [5.74, 6) is 0.499. The van der Waals surface area contributed by atoms with E-state index in [1.54, 1.807) is 0 Å². The second-order valence-corrected chi connectivity index (χ2v) is 7.51. The normalized spacial score (nSPS) is 31.0. The summed E-state index contributed by atoms with van der Waals surface area (Å²) in [6, 6.07) is 0. The predicted molar refractivity (Wildman–Crippen MR) is 83.6 cm³/mol. The lowest BCUT2D eigenvalue weighted by atomic mass is 9.88. The predicted octanol–water partition coefficient (Wildman–Crippen LogP) is -1.74. The first-order valence-corrected chi connectivity index (χ1v) is 8.83. The molecule has 0 aromatic heterocycles. The minimum absolute atomic E-state index is 0. The Morgan fingerprint density at radius 2 is 1.30 bits per heavy atom. The highest BCUT2D eigenvalue weighted by Crippen LogP contribution is 2.32. The second-order valence-electron chi connectivity index (χ2n) is 5.38. The van der Waals surface area contributed by atoms with Crippen molar-refractivity contribution in [1.29, 1.82) is 0 Å². The first-order chi connectivity index (χ1) is 10.4. The Hall–Kier alpha value is 0.0200. The van der Waals surface area contributed by atoms with Crippen LogP contribution in [0.15, 0.2) is 0 Å². The van der Waals surface area contributed by atoms with Crippen molar-refractivity contribution < 1.29 is 41.4 Å². The Morgan fingerprint density at radius 1 is 0.870 bits per heavy atom. The van der Waals surface area contributed by atoms with Crippen LogP contribution in [0.4, 0.5) is 0 Å². The van der Waals surface area contributed by atoms with Crippen molar-refractivity contribution in [2.24, 2.45) is 10.8 Å². The van der Waals surface area contributed by atoms with Gasteiger partial charge in [0.25, 0.3) is 0 Å². The van der Waals surface area contributed by atoms with Crippen LogP contribution in [0.1, 0.15) is 13.8 Å². The molecule has 1 atom stereocenters. The van der Waals surface area contributed by atoms with Crippen LogP contribution in [-0.2, 0) is 35.0 Å². The average molecular weight is 378 g/mol. The van der Waals surface area contributed by atoms with Crippen LogP contribution >= 0.6 is 0 Å². The van der Waals surface area contributed by atoms with Crippen LogP contribution in [0.2, 0.25) is 0 Å². The van der Waals surface area contributed by atoms with E-state index in [1.165, 1.54) is 0 Å². The summed E-state index contributed by atoms with van der Waals surface area (Å²) in [4.78, 5) is 0. The Bertz CT molecular complexity index is 320. The lowest BCUT2D eigenvalue weighted by Gasteiger charge is -2.37. The van der Waals surface area contributed by atoms with Gasteiger partial charge in [-0.3, -0.25) is 12.5 Å². The first-order valence-electron chi connectivity index (χ1n) is 6.58. The Balaban J connectivity index is 0.000000434. The molecule has 1 spiro atoms. The lowest BCUT2D eigenvalue weighted by Crippen LogP contribution is -2.45. The Labute approximate surface area is 141 Å². The third-order valence-corrected chi connectivity index (χ3v) is 5.10. The summed E-state index contributed by atoms with van der Waals surface area (Å²) >= 11 is -2.77. The maximum atomic E-state index is 10.9. The van der Waals surface area contributed by atoms with Gasteiger partial charge in [-0.25, -0.2) is 4.21 Å². The van der Waals surface area contributed by atoms with Crippen molar-refractivity contribution >= 4 is 22.4 Å². The Kier molecular flexibility index (Phi) is 10.8. The van der Waals surface area contributed by atoms with E-state index < -0.39 is 54.3 Å². The fraction of sp³-hybridized carbons (Fsp3) is 1.00. The van der Waals surface area contributed by atoms with Gasteiger partial charge in [0.2, 0.25) is 0 Å². The fourth-order valence-corrected chi connectivity index (χ4v) is 3.43. The number of hydrogen-bond donors (Lipinski definition) is 4. The molecule has 0 aliphatic carbocycles. The number of hydrogen-bond acceptors (Lipinski definition) is 9. The molecule has 1 unspecified atom stereocenters. The van der Waals surface area contributed by atoms with Crippen LogP contribution in [-0.4, -0.2) is 80.8 Å². The van der Waals surface area contributed by atoms with Crippen LogP contribution in [0.5, 0.6) is 0 Å². The first kappa shape index (κ1) is 23.0. The number of aliphatic hydroxyl groups excluding tert-OH is 4. The van der Waals surface area contributed by atoms with Gasteiger partial charge in [0.15, 0.2) is 11.1 Å². The highest BCUT2D eigenvalue weighted by molar-refractivity contribution is 7.80. The van der Waals surface area contributed by atoms with Gasteiger partial charge in [-0.15, -0.1) is 0 Å². The molecule has 4 N–H and O–H groups in total. The van der Waals surface area contributed by atoms with Crippen LogP contribution < -0.4 is 0 Å². The van der Waals surface area contributed by atoms with Crippen molar-refractivity contribution in [2.75, 3.05) is 52.0 Å². The third-order valence-electron chi connectivity index (χ3n) is 3.56. The molecule has 23 heavy (non-hydrogen) atoms. The Morgan fingerprint density at radius 3 is 1.61 bits per heavy atom. The number of rotatable bonds is 4. The van der Waals surface area contributed by atoms with E-state index in [2.05, 4.69) is 0 Å². The molecule has 2 rings (SSSR count). The number of aliphatic hydroxyl groups is 4. The fourth-order valence-electron chi connectivity index (χ4n) is 1.57. The van der Waals surface area contributed by atoms with E-state index in [1.807, 2.05) is 0 Å². The van der Waals surface area contributed by atoms with Gasteiger partial charge in [0.1, 0.15) is 0 Å². The molecule has 0 bridgehead atoms. The summed E-state index contributed by atoms with van der Waals surface area (Å²) in [6.07, 6.45) is 0.733. The van der Waals surface area contributed by atoms with Gasteiger partial charge in [-0.2, -0.15) is 4.21 Å². The maximum absolute atomic E-state index is 10.9. The molecule has 0 saturated carbocycles. The van der Waals surface area contributed by atoms with E-state index in [0.717, 1.165) is 6.42 Å². The topological polar surface area (TPSA) is 143 Å². The van der Waals surface area contributed by atoms with E-state index in [0.29, 0.717) is 25.6 Å². The van der Waals surface area contributed by atoms with E-state index in [4.69, 9.17) is 33.0 Å². The smallest absolute Gasteiger partial charge is 0.304 e. The minimum Gasteiger partial charge on any atom is -0.396 e. The third kappa shape index (κ3) is 6.80.